The van der Waals surface area contributed by atoms with Crippen molar-refractivity contribution in [3.63, 3.8) is 0 Å². The molecule has 0 atom stereocenters. The Hall–Kier alpha value is -4.46. The smallest absolute Gasteiger partial charge is 0.293 e. The van der Waals surface area contributed by atoms with Crippen LogP contribution in [0.3, 0.4) is 0 Å². The number of hydrogen-bond donors (Lipinski definition) is 3. The predicted octanol–water partition coefficient (Wildman–Crippen LogP) is 5.03. The fourth-order valence-corrected chi connectivity index (χ4v) is 3.84. The highest BCUT2D eigenvalue weighted by atomic mass is 16.1. The molecule has 0 unspecified atom stereocenters. The molecule has 184 valence electrons. The summed E-state index contributed by atoms with van der Waals surface area (Å²) in [6, 6.07) is 14.9. The van der Waals surface area contributed by atoms with Crippen LogP contribution >= 0.6 is 0 Å². The van der Waals surface area contributed by atoms with Gasteiger partial charge in [0.15, 0.2) is 5.82 Å². The first-order valence-electron chi connectivity index (χ1n) is 11.6. The summed E-state index contributed by atoms with van der Waals surface area (Å²) < 4.78 is 1.46. The molecule has 8 heteroatoms. The summed E-state index contributed by atoms with van der Waals surface area (Å²) in [5, 5.41) is 6.02. The monoisotopic (exact) mass is 482 g/mol. The van der Waals surface area contributed by atoms with E-state index in [4.69, 9.17) is 5.73 Å². The van der Waals surface area contributed by atoms with Crippen LogP contribution in [0, 0.1) is 6.92 Å². The average Bonchev–Trinajstić information content (AvgIpc) is 2.83. The van der Waals surface area contributed by atoms with Gasteiger partial charge in [-0.25, -0.2) is 4.98 Å². The molecule has 4 aromatic rings. The summed E-state index contributed by atoms with van der Waals surface area (Å²) in [4.78, 5) is 34.3. The third-order valence-corrected chi connectivity index (χ3v) is 5.96. The van der Waals surface area contributed by atoms with Gasteiger partial charge in [-0.05, 0) is 47.7 Å². The van der Waals surface area contributed by atoms with Crippen LogP contribution in [0.2, 0.25) is 0 Å². The zero-order chi connectivity index (χ0) is 26.0. The number of nitrogen functional groups attached to an aromatic ring is 1. The first-order valence-corrected chi connectivity index (χ1v) is 11.6. The topological polar surface area (TPSA) is 115 Å². The quantitative estimate of drug-likeness (QED) is 0.368. The van der Waals surface area contributed by atoms with Crippen molar-refractivity contribution in [3.05, 3.63) is 94.2 Å². The minimum atomic E-state index is -0.290. The molecular formula is C28H30N6O2. The largest absolute Gasteiger partial charge is 0.397 e. The molecule has 0 radical (unpaired) electrons. The van der Waals surface area contributed by atoms with E-state index in [0.29, 0.717) is 28.3 Å². The zero-order valence-electron chi connectivity index (χ0n) is 21.1. The molecule has 8 nitrogen and oxygen atoms in total. The summed E-state index contributed by atoms with van der Waals surface area (Å²) in [6.45, 7) is 8.32. The highest BCUT2D eigenvalue weighted by molar-refractivity contribution is 6.05. The van der Waals surface area contributed by atoms with Crippen LogP contribution in [0.4, 0.5) is 22.9 Å². The van der Waals surface area contributed by atoms with E-state index in [0.717, 1.165) is 16.7 Å². The van der Waals surface area contributed by atoms with E-state index >= 15 is 0 Å². The highest BCUT2D eigenvalue weighted by Crippen LogP contribution is 2.29. The third-order valence-electron chi connectivity index (χ3n) is 5.96. The molecule has 0 aliphatic rings. The molecule has 4 rings (SSSR count). The summed E-state index contributed by atoms with van der Waals surface area (Å²) >= 11 is 0. The highest BCUT2D eigenvalue weighted by Gasteiger charge is 2.16. The van der Waals surface area contributed by atoms with Crippen LogP contribution in [-0.2, 0) is 12.5 Å². The maximum Gasteiger partial charge on any atom is 0.293 e. The molecule has 0 saturated heterocycles. The molecule has 1 amide bonds. The van der Waals surface area contributed by atoms with Crippen molar-refractivity contribution in [3.8, 4) is 11.3 Å². The zero-order valence-corrected chi connectivity index (χ0v) is 21.1. The summed E-state index contributed by atoms with van der Waals surface area (Å²) in [6.07, 6.45) is 4.76. The number of aromatic nitrogens is 3. The SMILES string of the molecule is Cc1c(NC(=O)c2ccc(C(C)(C)C)cc2)cccc1-c1cn(C)c(=O)c(Nc2cncc(N)c2)n1. The number of hydrogen-bond acceptors (Lipinski definition) is 6. The summed E-state index contributed by atoms with van der Waals surface area (Å²) in [7, 11) is 1.67. The van der Waals surface area contributed by atoms with Crippen molar-refractivity contribution in [2.75, 3.05) is 16.4 Å². The van der Waals surface area contributed by atoms with E-state index in [1.165, 1.54) is 10.8 Å². The Balaban J connectivity index is 1.63. The summed E-state index contributed by atoms with van der Waals surface area (Å²) in [5.41, 5.74) is 11.2. The van der Waals surface area contributed by atoms with E-state index in [9.17, 15) is 9.59 Å². The molecule has 0 bridgehead atoms. The average molecular weight is 483 g/mol. The molecule has 2 heterocycles. The van der Waals surface area contributed by atoms with E-state index in [-0.39, 0.29) is 22.7 Å². The molecule has 36 heavy (non-hydrogen) atoms. The standard InChI is InChI=1S/C28H30N6O2/c1-17-22(24-16-34(5)27(36)25(32-24)31-21-13-20(29)14-30-15-21)7-6-8-23(17)33-26(35)18-9-11-19(12-10-18)28(2,3)4/h6-16H,29H2,1-5H3,(H,31,32)(H,33,35). The van der Waals surface area contributed by atoms with Crippen LogP contribution in [-0.4, -0.2) is 20.4 Å². The second-order valence-corrected chi connectivity index (χ2v) is 9.78. The molecule has 0 aliphatic carbocycles. The minimum Gasteiger partial charge on any atom is -0.397 e. The maximum absolute atomic E-state index is 13.0. The van der Waals surface area contributed by atoms with E-state index < -0.39 is 0 Å². The van der Waals surface area contributed by atoms with Gasteiger partial charge in [-0.3, -0.25) is 14.6 Å². The Morgan fingerprint density at radius 3 is 2.44 bits per heavy atom. The second kappa shape index (κ2) is 9.65. The summed E-state index contributed by atoms with van der Waals surface area (Å²) in [5.74, 6) is -0.0455. The number of nitrogens with two attached hydrogens (primary N) is 1. The number of pyridine rings is 1. The molecule has 0 fully saturated rings. The molecule has 2 aromatic carbocycles. The van der Waals surface area contributed by atoms with Crippen molar-refractivity contribution in [2.24, 2.45) is 7.05 Å². The Morgan fingerprint density at radius 2 is 1.78 bits per heavy atom. The van der Waals surface area contributed by atoms with Gasteiger partial charge in [0.25, 0.3) is 11.5 Å². The van der Waals surface area contributed by atoms with Gasteiger partial charge in [-0.15, -0.1) is 0 Å². The molecular weight excluding hydrogens is 452 g/mol. The lowest BCUT2D eigenvalue weighted by Gasteiger charge is -2.19. The number of nitrogens with one attached hydrogen (secondary N) is 2. The first kappa shape index (κ1) is 24.7. The lowest BCUT2D eigenvalue weighted by molar-refractivity contribution is 0.102. The van der Waals surface area contributed by atoms with Crippen molar-refractivity contribution in [1.29, 1.82) is 0 Å². The van der Waals surface area contributed by atoms with Gasteiger partial charge >= 0.3 is 0 Å². The number of nitrogens with zero attached hydrogens (tertiary/aromatic N) is 3. The lowest BCUT2D eigenvalue weighted by Crippen LogP contribution is -2.21. The predicted molar refractivity (Wildman–Crippen MR) is 145 cm³/mol. The van der Waals surface area contributed by atoms with Gasteiger partial charge in [0.2, 0.25) is 0 Å². The van der Waals surface area contributed by atoms with Crippen LogP contribution in [0.15, 0.2) is 71.9 Å². The molecule has 0 aliphatic heterocycles. The number of rotatable bonds is 5. The van der Waals surface area contributed by atoms with Crippen molar-refractivity contribution >= 4 is 28.8 Å². The first-order chi connectivity index (χ1) is 17.0. The molecule has 2 aromatic heterocycles. The van der Waals surface area contributed by atoms with Gasteiger partial charge in [-0.2, -0.15) is 0 Å². The van der Waals surface area contributed by atoms with Crippen molar-refractivity contribution < 1.29 is 4.79 Å². The number of benzene rings is 2. The fourth-order valence-electron chi connectivity index (χ4n) is 3.84. The third kappa shape index (κ3) is 5.27. The normalized spacial score (nSPS) is 11.2. The Bertz CT molecular complexity index is 1480. The van der Waals surface area contributed by atoms with Gasteiger partial charge in [0.1, 0.15) is 0 Å². The van der Waals surface area contributed by atoms with Crippen molar-refractivity contribution in [1.82, 2.24) is 14.5 Å². The maximum atomic E-state index is 13.0. The molecule has 4 N–H and O–H groups in total. The number of amides is 1. The van der Waals surface area contributed by atoms with E-state index in [1.807, 2.05) is 49.4 Å². The number of carbonyl (C=O) groups is 1. The molecule has 0 spiro atoms. The Labute approximate surface area is 210 Å². The van der Waals surface area contributed by atoms with Gasteiger partial charge in [0, 0.05) is 36.3 Å². The molecule has 0 saturated carbocycles. The van der Waals surface area contributed by atoms with Gasteiger partial charge in [-0.1, -0.05) is 45.0 Å². The number of aryl methyl sites for hydroxylation is 1. The van der Waals surface area contributed by atoms with Crippen LogP contribution in [0.5, 0.6) is 0 Å². The van der Waals surface area contributed by atoms with E-state index in [1.54, 1.807) is 25.5 Å². The minimum absolute atomic E-state index is 0.0139. The number of anilines is 4. The van der Waals surface area contributed by atoms with Crippen LogP contribution < -0.4 is 21.9 Å². The van der Waals surface area contributed by atoms with Crippen LogP contribution in [0.1, 0.15) is 42.3 Å². The fraction of sp³-hybridized carbons (Fsp3) is 0.214. The number of carbonyl (C=O) groups excluding carboxylic acids is 1. The van der Waals surface area contributed by atoms with Crippen molar-refractivity contribution in [2.45, 2.75) is 33.1 Å². The van der Waals surface area contributed by atoms with Gasteiger partial charge in [0.05, 0.1) is 23.3 Å². The van der Waals surface area contributed by atoms with E-state index in [2.05, 4.69) is 41.4 Å². The Kier molecular flexibility index (Phi) is 6.61. The van der Waals surface area contributed by atoms with Crippen LogP contribution in [0.25, 0.3) is 11.3 Å². The van der Waals surface area contributed by atoms with Gasteiger partial charge < -0.3 is 20.9 Å². The lowest BCUT2D eigenvalue weighted by atomic mass is 9.86. The Morgan fingerprint density at radius 1 is 1.06 bits per heavy atom. The second-order valence-electron chi connectivity index (χ2n) is 9.78.